The van der Waals surface area contributed by atoms with Crippen LogP contribution in [0.25, 0.3) is 0 Å². The molecule has 0 unspecified atom stereocenters. The summed E-state index contributed by atoms with van der Waals surface area (Å²) < 4.78 is 3.40. The Bertz CT molecular complexity index is 556. The van der Waals surface area contributed by atoms with Gasteiger partial charge in [0.2, 0.25) is 0 Å². The summed E-state index contributed by atoms with van der Waals surface area (Å²) in [7, 11) is 1.77. The van der Waals surface area contributed by atoms with E-state index in [1.165, 1.54) is 0 Å². The molecule has 2 aromatic heterocycles. The van der Waals surface area contributed by atoms with Crippen molar-refractivity contribution in [3.8, 4) is 0 Å². The van der Waals surface area contributed by atoms with Crippen molar-refractivity contribution in [2.45, 2.75) is 13.5 Å². The van der Waals surface area contributed by atoms with Gasteiger partial charge < -0.3 is 15.6 Å². The molecule has 1 amide bonds. The first-order chi connectivity index (χ1) is 8.60. The van der Waals surface area contributed by atoms with Crippen LogP contribution < -0.4 is 11.1 Å². The number of imidazole rings is 1. The number of nitrogens with one attached hydrogen (secondary N) is 1. The Hall–Kier alpha value is -2.15. The zero-order chi connectivity index (χ0) is 13.1. The smallest absolute Gasteiger partial charge is 0.276 e. The fourth-order valence-electron chi connectivity index (χ4n) is 1.66. The Morgan fingerprint density at radius 1 is 1.56 bits per heavy atom. The van der Waals surface area contributed by atoms with Gasteiger partial charge in [-0.15, -0.1) is 0 Å². The van der Waals surface area contributed by atoms with Crippen molar-refractivity contribution >= 4 is 11.7 Å². The van der Waals surface area contributed by atoms with E-state index in [1.807, 2.05) is 6.92 Å². The summed E-state index contributed by atoms with van der Waals surface area (Å²) in [5.41, 5.74) is 6.64. The highest BCUT2D eigenvalue weighted by Gasteiger charge is 2.11. The minimum absolute atomic E-state index is 0.256. The molecule has 0 bridgehead atoms. The molecule has 2 aromatic rings. The zero-order valence-electron chi connectivity index (χ0n) is 10.4. The van der Waals surface area contributed by atoms with E-state index in [2.05, 4.69) is 15.4 Å². The maximum absolute atomic E-state index is 11.9. The molecule has 0 aromatic carbocycles. The van der Waals surface area contributed by atoms with Crippen molar-refractivity contribution in [1.29, 1.82) is 0 Å². The van der Waals surface area contributed by atoms with Crippen LogP contribution >= 0.6 is 0 Å². The minimum atomic E-state index is -0.256. The highest BCUT2D eigenvalue weighted by atomic mass is 16.2. The number of nitrogens with zero attached hydrogens (tertiary/aromatic N) is 4. The second kappa shape index (κ2) is 5.01. The van der Waals surface area contributed by atoms with E-state index in [4.69, 9.17) is 5.73 Å². The summed E-state index contributed by atoms with van der Waals surface area (Å²) in [6.45, 7) is 3.02. The second-order valence-electron chi connectivity index (χ2n) is 4.03. The first-order valence-electron chi connectivity index (χ1n) is 5.64. The molecule has 7 heteroatoms. The Balaban J connectivity index is 2.09. The SMILES string of the molecule is Cc1cc(NC(=O)c2cn(CCN)cn2)n(C)n1. The van der Waals surface area contributed by atoms with Gasteiger partial charge in [0.1, 0.15) is 11.5 Å². The third-order valence-electron chi connectivity index (χ3n) is 2.50. The number of carbonyl (C=O) groups excluding carboxylic acids is 1. The van der Waals surface area contributed by atoms with E-state index < -0.39 is 0 Å². The molecule has 2 heterocycles. The molecule has 2 rings (SSSR count). The molecule has 0 saturated carbocycles. The molecular formula is C11H16N6O. The van der Waals surface area contributed by atoms with Gasteiger partial charge in [-0.05, 0) is 6.92 Å². The number of hydrogen-bond acceptors (Lipinski definition) is 4. The summed E-state index contributed by atoms with van der Waals surface area (Å²) in [5, 5.41) is 6.91. The fourth-order valence-corrected chi connectivity index (χ4v) is 1.66. The van der Waals surface area contributed by atoms with Crippen LogP contribution in [-0.2, 0) is 13.6 Å². The maximum Gasteiger partial charge on any atom is 0.276 e. The van der Waals surface area contributed by atoms with E-state index in [-0.39, 0.29) is 5.91 Å². The molecule has 18 heavy (non-hydrogen) atoms. The molecule has 0 fully saturated rings. The largest absolute Gasteiger partial charge is 0.335 e. The number of carbonyl (C=O) groups is 1. The third kappa shape index (κ3) is 2.57. The van der Waals surface area contributed by atoms with Crippen LogP contribution in [0.3, 0.4) is 0 Å². The molecule has 0 aliphatic heterocycles. The van der Waals surface area contributed by atoms with Gasteiger partial charge in [0.15, 0.2) is 0 Å². The van der Waals surface area contributed by atoms with Crippen molar-refractivity contribution < 1.29 is 4.79 Å². The Kier molecular flexibility index (Phi) is 3.42. The van der Waals surface area contributed by atoms with E-state index in [0.29, 0.717) is 24.6 Å². The van der Waals surface area contributed by atoms with Crippen LogP contribution in [0.2, 0.25) is 0 Å². The van der Waals surface area contributed by atoms with Gasteiger partial charge in [-0.3, -0.25) is 9.48 Å². The Labute approximate surface area is 105 Å². The fraction of sp³-hybridized carbons (Fsp3) is 0.364. The third-order valence-corrected chi connectivity index (χ3v) is 2.50. The molecule has 7 nitrogen and oxygen atoms in total. The number of amides is 1. The molecular weight excluding hydrogens is 232 g/mol. The minimum Gasteiger partial charge on any atom is -0.335 e. The average Bonchev–Trinajstić information content (AvgIpc) is 2.87. The second-order valence-corrected chi connectivity index (χ2v) is 4.03. The monoisotopic (exact) mass is 248 g/mol. The van der Waals surface area contributed by atoms with Gasteiger partial charge >= 0.3 is 0 Å². The quantitative estimate of drug-likeness (QED) is 0.805. The number of rotatable bonds is 4. The summed E-state index contributed by atoms with van der Waals surface area (Å²) in [5.74, 6) is 0.389. The lowest BCUT2D eigenvalue weighted by Crippen LogP contribution is -2.15. The normalized spacial score (nSPS) is 10.6. The van der Waals surface area contributed by atoms with Crippen molar-refractivity contribution in [2.75, 3.05) is 11.9 Å². The molecule has 0 aliphatic rings. The topological polar surface area (TPSA) is 90.8 Å². The highest BCUT2D eigenvalue weighted by Crippen LogP contribution is 2.09. The maximum atomic E-state index is 11.9. The standard InChI is InChI=1S/C11H16N6O/c1-8-5-10(16(2)15-8)14-11(18)9-6-17(4-3-12)7-13-9/h5-7H,3-4,12H2,1-2H3,(H,14,18). The van der Waals surface area contributed by atoms with Gasteiger partial charge in [0.25, 0.3) is 5.91 Å². The van der Waals surface area contributed by atoms with Crippen LogP contribution in [0.1, 0.15) is 16.2 Å². The van der Waals surface area contributed by atoms with E-state index >= 15 is 0 Å². The number of aromatic nitrogens is 4. The van der Waals surface area contributed by atoms with Crippen LogP contribution in [-0.4, -0.2) is 31.8 Å². The van der Waals surface area contributed by atoms with Crippen LogP contribution in [0.5, 0.6) is 0 Å². The van der Waals surface area contributed by atoms with Gasteiger partial charge in [-0.1, -0.05) is 0 Å². The van der Waals surface area contributed by atoms with Gasteiger partial charge in [-0.25, -0.2) is 4.98 Å². The number of hydrogen-bond donors (Lipinski definition) is 2. The number of aryl methyl sites for hydroxylation is 2. The van der Waals surface area contributed by atoms with Gasteiger partial charge in [-0.2, -0.15) is 5.10 Å². The van der Waals surface area contributed by atoms with Crippen molar-refractivity contribution in [3.05, 3.63) is 30.0 Å². The van der Waals surface area contributed by atoms with Crippen LogP contribution in [0.4, 0.5) is 5.82 Å². The van der Waals surface area contributed by atoms with Crippen molar-refractivity contribution in [2.24, 2.45) is 12.8 Å². The lowest BCUT2D eigenvalue weighted by molar-refractivity contribution is 0.102. The lowest BCUT2D eigenvalue weighted by Gasteiger charge is -2.02. The van der Waals surface area contributed by atoms with Crippen LogP contribution in [0, 0.1) is 6.92 Å². The zero-order valence-corrected chi connectivity index (χ0v) is 10.4. The number of anilines is 1. The highest BCUT2D eigenvalue weighted by molar-refractivity contribution is 6.02. The average molecular weight is 248 g/mol. The molecule has 0 spiro atoms. The van der Waals surface area contributed by atoms with Crippen LogP contribution in [0.15, 0.2) is 18.6 Å². The predicted molar refractivity (Wildman–Crippen MR) is 67.2 cm³/mol. The molecule has 0 saturated heterocycles. The van der Waals surface area contributed by atoms with E-state index in [9.17, 15) is 4.79 Å². The molecule has 0 aliphatic carbocycles. The van der Waals surface area contributed by atoms with Crippen molar-refractivity contribution in [1.82, 2.24) is 19.3 Å². The Morgan fingerprint density at radius 3 is 2.94 bits per heavy atom. The summed E-state index contributed by atoms with van der Waals surface area (Å²) in [6.07, 6.45) is 3.27. The molecule has 0 radical (unpaired) electrons. The van der Waals surface area contributed by atoms with Crippen molar-refractivity contribution in [3.63, 3.8) is 0 Å². The summed E-state index contributed by atoms with van der Waals surface area (Å²) in [4.78, 5) is 16.0. The molecule has 0 atom stereocenters. The predicted octanol–water partition coefficient (Wildman–Crippen LogP) is 0.136. The van der Waals surface area contributed by atoms with E-state index in [0.717, 1.165) is 5.69 Å². The first-order valence-corrected chi connectivity index (χ1v) is 5.64. The summed E-state index contributed by atoms with van der Waals surface area (Å²) in [6, 6.07) is 1.80. The summed E-state index contributed by atoms with van der Waals surface area (Å²) >= 11 is 0. The lowest BCUT2D eigenvalue weighted by atomic mass is 10.4. The molecule has 96 valence electrons. The van der Waals surface area contributed by atoms with Gasteiger partial charge in [0, 0.05) is 32.4 Å². The molecule has 3 N–H and O–H groups in total. The van der Waals surface area contributed by atoms with Gasteiger partial charge in [0.05, 0.1) is 12.0 Å². The Morgan fingerprint density at radius 2 is 2.33 bits per heavy atom. The van der Waals surface area contributed by atoms with E-state index in [1.54, 1.807) is 34.9 Å². The first kappa shape index (κ1) is 12.3. The number of nitrogens with two attached hydrogens (primary N) is 1.